The van der Waals surface area contributed by atoms with Crippen molar-refractivity contribution >= 4 is 27.3 Å². The molecule has 5 heteroatoms. The van der Waals surface area contributed by atoms with Gasteiger partial charge in [-0.05, 0) is 48.2 Å². The molecule has 2 heterocycles. The summed E-state index contributed by atoms with van der Waals surface area (Å²) in [6, 6.07) is 2.11. The second-order valence-corrected chi connectivity index (χ2v) is 6.93. The first-order valence-corrected chi connectivity index (χ1v) is 7.57. The molecule has 0 radical (unpaired) electrons. The van der Waals surface area contributed by atoms with E-state index in [2.05, 4.69) is 38.9 Å². The van der Waals surface area contributed by atoms with Crippen molar-refractivity contribution in [3.8, 4) is 10.4 Å². The molecule has 3 rings (SSSR count). The van der Waals surface area contributed by atoms with Crippen LogP contribution in [0.4, 0.5) is 0 Å². The largest absolute Gasteiger partial charge is 0.319 e. The molecular weight excluding hydrogens is 310 g/mol. The Hall–Kier alpha value is -0.780. The molecule has 2 N–H and O–H groups in total. The van der Waals surface area contributed by atoms with E-state index >= 15 is 0 Å². The van der Waals surface area contributed by atoms with Crippen LogP contribution in [0.2, 0.25) is 0 Å². The summed E-state index contributed by atoms with van der Waals surface area (Å²) in [7, 11) is 0. The van der Waals surface area contributed by atoms with E-state index in [1.165, 1.54) is 16.2 Å². The maximum absolute atomic E-state index is 6.21. The van der Waals surface area contributed by atoms with Crippen LogP contribution in [0.5, 0.6) is 0 Å². The molecule has 18 heavy (non-hydrogen) atoms. The van der Waals surface area contributed by atoms with Gasteiger partial charge in [0.25, 0.3) is 0 Å². The van der Waals surface area contributed by atoms with E-state index in [1.807, 2.05) is 12.4 Å². The zero-order chi connectivity index (χ0) is 12.8. The fourth-order valence-corrected chi connectivity index (χ4v) is 3.61. The molecule has 1 fully saturated rings. The maximum Gasteiger partial charge on any atom is 0.148 e. The first-order chi connectivity index (χ1) is 8.58. The van der Waals surface area contributed by atoms with Crippen molar-refractivity contribution in [2.45, 2.75) is 31.7 Å². The van der Waals surface area contributed by atoms with Gasteiger partial charge in [0.1, 0.15) is 5.82 Å². The Labute approximate surface area is 119 Å². The lowest BCUT2D eigenvalue weighted by molar-refractivity contribution is 0.238. The normalized spacial score (nSPS) is 17.5. The molecule has 0 atom stereocenters. The standard InChI is InChI=1S/C13H14BrN3S/c1-8-10(14)5-11(18-8)9-6-16-12(17-7-9)13(15)3-2-4-13/h5-7H,2-4,15H2,1H3. The lowest BCUT2D eigenvalue weighted by Gasteiger charge is -2.36. The van der Waals surface area contributed by atoms with E-state index < -0.39 is 0 Å². The fourth-order valence-electron chi connectivity index (χ4n) is 2.10. The minimum Gasteiger partial charge on any atom is -0.319 e. The number of aryl methyl sites for hydroxylation is 1. The number of hydrogen-bond acceptors (Lipinski definition) is 4. The van der Waals surface area contributed by atoms with Crippen LogP contribution in [0.3, 0.4) is 0 Å². The van der Waals surface area contributed by atoms with Crippen molar-refractivity contribution in [3.63, 3.8) is 0 Å². The molecule has 0 saturated heterocycles. The van der Waals surface area contributed by atoms with Gasteiger partial charge in [0.05, 0.1) is 5.54 Å². The van der Waals surface area contributed by atoms with Gasteiger partial charge < -0.3 is 5.73 Å². The Bertz CT molecular complexity index is 553. The summed E-state index contributed by atoms with van der Waals surface area (Å²) in [6.07, 6.45) is 6.94. The van der Waals surface area contributed by atoms with E-state index in [9.17, 15) is 0 Å². The molecule has 1 aliphatic rings. The molecule has 2 aromatic heterocycles. The van der Waals surface area contributed by atoms with Crippen molar-refractivity contribution in [3.05, 3.63) is 33.6 Å². The Kier molecular flexibility index (Phi) is 3.00. The Morgan fingerprint density at radius 2 is 2.00 bits per heavy atom. The van der Waals surface area contributed by atoms with Gasteiger partial charge in [-0.15, -0.1) is 11.3 Å². The second kappa shape index (κ2) is 4.40. The number of thiophene rings is 1. The van der Waals surface area contributed by atoms with Gasteiger partial charge in [-0.2, -0.15) is 0 Å². The molecule has 1 aliphatic carbocycles. The molecule has 0 spiro atoms. The van der Waals surface area contributed by atoms with Gasteiger partial charge in [-0.1, -0.05) is 0 Å². The van der Waals surface area contributed by atoms with Gasteiger partial charge in [0.15, 0.2) is 0 Å². The number of hydrogen-bond donors (Lipinski definition) is 1. The minimum atomic E-state index is -0.273. The molecule has 94 valence electrons. The van der Waals surface area contributed by atoms with Gasteiger partial charge >= 0.3 is 0 Å². The van der Waals surface area contributed by atoms with Gasteiger partial charge in [0, 0.05) is 32.2 Å². The van der Waals surface area contributed by atoms with E-state index in [1.54, 1.807) is 11.3 Å². The third kappa shape index (κ3) is 2.00. The highest BCUT2D eigenvalue weighted by molar-refractivity contribution is 9.10. The first kappa shape index (κ1) is 12.3. The Morgan fingerprint density at radius 3 is 2.44 bits per heavy atom. The molecule has 3 nitrogen and oxygen atoms in total. The molecule has 0 unspecified atom stereocenters. The number of aromatic nitrogens is 2. The van der Waals surface area contributed by atoms with E-state index in [0.29, 0.717) is 0 Å². The van der Waals surface area contributed by atoms with E-state index in [-0.39, 0.29) is 5.54 Å². The average molecular weight is 324 g/mol. The lowest BCUT2D eigenvalue weighted by atomic mass is 9.77. The number of rotatable bonds is 2. The van der Waals surface area contributed by atoms with Gasteiger partial charge in [0.2, 0.25) is 0 Å². The van der Waals surface area contributed by atoms with E-state index in [4.69, 9.17) is 5.73 Å². The van der Waals surface area contributed by atoms with Crippen molar-refractivity contribution in [2.24, 2.45) is 5.73 Å². The van der Waals surface area contributed by atoms with Crippen molar-refractivity contribution in [2.75, 3.05) is 0 Å². The van der Waals surface area contributed by atoms with Crippen molar-refractivity contribution in [1.82, 2.24) is 9.97 Å². The maximum atomic E-state index is 6.21. The average Bonchev–Trinajstić information content (AvgIpc) is 2.67. The summed E-state index contributed by atoms with van der Waals surface area (Å²) in [5.74, 6) is 0.782. The monoisotopic (exact) mass is 323 g/mol. The summed E-state index contributed by atoms with van der Waals surface area (Å²) in [4.78, 5) is 11.3. The molecule has 2 aromatic rings. The third-order valence-electron chi connectivity index (χ3n) is 3.48. The zero-order valence-corrected chi connectivity index (χ0v) is 12.5. The molecule has 0 aromatic carbocycles. The van der Waals surface area contributed by atoms with Crippen LogP contribution < -0.4 is 5.73 Å². The van der Waals surface area contributed by atoms with Gasteiger partial charge in [-0.25, -0.2) is 9.97 Å². The quantitative estimate of drug-likeness (QED) is 0.918. The van der Waals surface area contributed by atoms with Crippen LogP contribution in [0.1, 0.15) is 30.0 Å². The highest BCUT2D eigenvalue weighted by Gasteiger charge is 2.37. The predicted molar refractivity (Wildman–Crippen MR) is 77.5 cm³/mol. The summed E-state index contributed by atoms with van der Waals surface area (Å²) in [5.41, 5.74) is 6.99. The fraction of sp³-hybridized carbons (Fsp3) is 0.385. The van der Waals surface area contributed by atoms with Crippen LogP contribution >= 0.6 is 27.3 Å². The Morgan fingerprint density at radius 1 is 1.33 bits per heavy atom. The minimum absolute atomic E-state index is 0.273. The number of nitrogens with two attached hydrogens (primary N) is 1. The number of nitrogens with zero attached hydrogens (tertiary/aromatic N) is 2. The molecule has 0 bridgehead atoms. The summed E-state index contributed by atoms with van der Waals surface area (Å²) >= 11 is 5.27. The Balaban J connectivity index is 1.91. The molecule has 1 saturated carbocycles. The molecular formula is C13H14BrN3S. The van der Waals surface area contributed by atoms with Crippen LogP contribution in [-0.4, -0.2) is 9.97 Å². The van der Waals surface area contributed by atoms with Crippen molar-refractivity contribution in [1.29, 1.82) is 0 Å². The smallest absolute Gasteiger partial charge is 0.148 e. The summed E-state index contributed by atoms with van der Waals surface area (Å²) in [5, 5.41) is 0. The van der Waals surface area contributed by atoms with Crippen molar-refractivity contribution < 1.29 is 0 Å². The zero-order valence-electron chi connectivity index (χ0n) is 10.1. The molecule has 0 amide bonds. The van der Waals surface area contributed by atoms with E-state index in [0.717, 1.165) is 28.7 Å². The summed E-state index contributed by atoms with van der Waals surface area (Å²) in [6.45, 7) is 2.09. The third-order valence-corrected chi connectivity index (χ3v) is 5.67. The van der Waals surface area contributed by atoms with Crippen LogP contribution in [0.15, 0.2) is 22.9 Å². The van der Waals surface area contributed by atoms with Crippen LogP contribution in [-0.2, 0) is 5.54 Å². The lowest BCUT2D eigenvalue weighted by Crippen LogP contribution is -2.44. The van der Waals surface area contributed by atoms with Crippen LogP contribution in [0, 0.1) is 6.92 Å². The topological polar surface area (TPSA) is 51.8 Å². The second-order valence-electron chi connectivity index (χ2n) is 4.82. The van der Waals surface area contributed by atoms with Gasteiger partial charge in [-0.3, -0.25) is 0 Å². The number of halogens is 1. The van der Waals surface area contributed by atoms with Crippen LogP contribution in [0.25, 0.3) is 10.4 Å². The summed E-state index contributed by atoms with van der Waals surface area (Å²) < 4.78 is 1.14. The SMILES string of the molecule is Cc1sc(-c2cnc(C3(N)CCC3)nc2)cc1Br. The highest BCUT2D eigenvalue weighted by atomic mass is 79.9. The first-order valence-electron chi connectivity index (χ1n) is 5.96. The highest BCUT2D eigenvalue weighted by Crippen LogP contribution is 2.37. The predicted octanol–water partition coefficient (Wildman–Crippen LogP) is 3.61. The molecule has 0 aliphatic heterocycles.